The molecule has 0 bridgehead atoms. The molecule has 1 heterocycles. The molecule has 32 heavy (non-hydrogen) atoms. The Bertz CT molecular complexity index is 922. The molecule has 3 rings (SSSR count). The molecule has 0 radical (unpaired) electrons. The summed E-state index contributed by atoms with van der Waals surface area (Å²) in [5, 5.41) is 0. The fourth-order valence-corrected chi connectivity index (χ4v) is 4.65. The molecular weight excluding hydrogens is 439 g/mol. The molecule has 3 aromatic rings. The molecule has 5 nitrogen and oxygen atoms in total. The molecule has 0 fully saturated rings. The average Bonchev–Trinajstić information content (AvgIpc) is 2.75. The summed E-state index contributed by atoms with van der Waals surface area (Å²) in [6.45, 7) is 7.78. The zero-order valence-electron chi connectivity index (χ0n) is 18.8. The first-order chi connectivity index (χ1) is 14.9. The van der Waals surface area contributed by atoms with Crippen LogP contribution >= 0.6 is 6.72 Å². The topological polar surface area (TPSA) is 53.5 Å². The first-order valence-electron chi connectivity index (χ1n) is 10.4. The van der Waals surface area contributed by atoms with Crippen LogP contribution in [0.2, 0.25) is 0 Å². The Morgan fingerprint density at radius 2 is 1.31 bits per heavy atom. The van der Waals surface area contributed by atoms with Crippen LogP contribution < -0.4 is 4.52 Å². The van der Waals surface area contributed by atoms with Crippen LogP contribution in [0.1, 0.15) is 52.6 Å². The van der Waals surface area contributed by atoms with Gasteiger partial charge in [0, 0.05) is 29.5 Å². The van der Waals surface area contributed by atoms with Crippen molar-refractivity contribution in [1.29, 1.82) is 0 Å². The highest BCUT2D eigenvalue weighted by molar-refractivity contribution is 8.07. The van der Waals surface area contributed by atoms with E-state index in [4.69, 9.17) is 25.4 Å². The van der Waals surface area contributed by atoms with E-state index in [1.54, 1.807) is 6.07 Å². The summed E-state index contributed by atoms with van der Waals surface area (Å²) in [4.78, 5) is 8.71. The molecule has 0 unspecified atom stereocenters. The largest absolute Gasteiger partial charge is 0.406 e. The van der Waals surface area contributed by atoms with E-state index in [1.165, 1.54) is 11.1 Å². The number of hydrogen-bond acceptors (Lipinski definition) is 6. The zero-order valence-corrected chi connectivity index (χ0v) is 20.5. The Balaban J connectivity index is 0.000000338. The van der Waals surface area contributed by atoms with Gasteiger partial charge in [-0.2, -0.15) is 4.98 Å². The van der Waals surface area contributed by atoms with Crippen LogP contribution in [0.25, 0.3) is 11.1 Å². The molecule has 0 saturated heterocycles. The van der Waals surface area contributed by atoms with Gasteiger partial charge in [-0.3, -0.25) is 9.05 Å². The zero-order chi connectivity index (χ0) is 22.7. The summed E-state index contributed by atoms with van der Waals surface area (Å²) in [7, 11) is 0. The van der Waals surface area contributed by atoms with Crippen LogP contribution in [0.15, 0.2) is 66.7 Å². The highest BCUT2D eigenvalue weighted by atomic mass is 32.5. The first kappa shape index (κ1) is 27.9. The second kappa shape index (κ2) is 14.1. The molecule has 0 atom stereocenters. The van der Waals surface area contributed by atoms with Gasteiger partial charge in [0.25, 0.3) is 0 Å². The Labute approximate surface area is 198 Å². The monoisotopic (exact) mass is 474 g/mol. The molecule has 7 heteroatoms. The van der Waals surface area contributed by atoms with Gasteiger partial charge in [0.2, 0.25) is 5.88 Å². The minimum atomic E-state index is -2.77. The van der Waals surface area contributed by atoms with E-state index in [2.05, 4.69) is 58.5 Å². The highest BCUT2D eigenvalue weighted by Gasteiger charge is 2.22. The van der Waals surface area contributed by atoms with Crippen molar-refractivity contribution in [2.75, 3.05) is 13.2 Å². The quantitative estimate of drug-likeness (QED) is 0.314. The van der Waals surface area contributed by atoms with Crippen molar-refractivity contribution >= 4 is 18.5 Å². The van der Waals surface area contributed by atoms with E-state index in [-0.39, 0.29) is 13.3 Å². The van der Waals surface area contributed by atoms with Gasteiger partial charge in [-0.05, 0) is 31.9 Å². The van der Waals surface area contributed by atoms with Gasteiger partial charge in [0.15, 0.2) is 0 Å². The summed E-state index contributed by atoms with van der Waals surface area (Å²) in [6, 6.07) is 22.5. The fraction of sp³-hybridized carbons (Fsp3) is 0.360. The smallest absolute Gasteiger partial charge is 0.381 e. The minimum Gasteiger partial charge on any atom is -0.406 e. The predicted octanol–water partition coefficient (Wildman–Crippen LogP) is 7.57. The highest BCUT2D eigenvalue weighted by Crippen LogP contribution is 2.49. The van der Waals surface area contributed by atoms with Crippen molar-refractivity contribution in [2.45, 2.75) is 48.0 Å². The third kappa shape index (κ3) is 9.17. The maximum absolute atomic E-state index is 5.68. The van der Waals surface area contributed by atoms with Crippen molar-refractivity contribution in [3.63, 3.8) is 0 Å². The summed E-state index contributed by atoms with van der Waals surface area (Å²) in [5.74, 6) is 1.37. The third-order valence-electron chi connectivity index (χ3n) is 4.03. The lowest BCUT2D eigenvalue weighted by Crippen LogP contribution is -2.06. The minimum absolute atomic E-state index is 0. The van der Waals surface area contributed by atoms with Gasteiger partial charge in [-0.15, -0.1) is 0 Å². The van der Waals surface area contributed by atoms with E-state index in [0.717, 1.165) is 11.5 Å². The van der Waals surface area contributed by atoms with Gasteiger partial charge in [-0.1, -0.05) is 81.9 Å². The summed E-state index contributed by atoms with van der Waals surface area (Å²) in [5.41, 5.74) is 3.39. The maximum atomic E-state index is 5.68. The van der Waals surface area contributed by atoms with E-state index >= 15 is 0 Å². The summed E-state index contributed by atoms with van der Waals surface area (Å²) in [6.07, 6.45) is 0. The molecule has 0 amide bonds. The Morgan fingerprint density at radius 3 is 1.72 bits per heavy atom. The van der Waals surface area contributed by atoms with Crippen LogP contribution in [0.3, 0.4) is 0 Å². The lowest BCUT2D eigenvalue weighted by atomic mass is 10.1. The van der Waals surface area contributed by atoms with E-state index < -0.39 is 6.72 Å². The van der Waals surface area contributed by atoms with Gasteiger partial charge in [-0.25, -0.2) is 4.98 Å². The number of hydrogen-bond donors (Lipinski definition) is 0. The normalized spacial score (nSPS) is 10.7. The molecule has 0 aliphatic heterocycles. The van der Waals surface area contributed by atoms with Gasteiger partial charge < -0.3 is 4.52 Å². The van der Waals surface area contributed by atoms with Crippen molar-refractivity contribution in [2.24, 2.45) is 0 Å². The van der Waals surface area contributed by atoms with Crippen LogP contribution in [-0.4, -0.2) is 23.2 Å². The molecule has 0 aliphatic rings. The first-order valence-corrected chi connectivity index (χ1v) is 13.0. The van der Waals surface area contributed by atoms with Crippen LogP contribution in [0.5, 0.6) is 5.88 Å². The molecule has 0 saturated carbocycles. The fourth-order valence-electron chi connectivity index (χ4n) is 2.65. The molecule has 174 valence electrons. The summed E-state index contributed by atoms with van der Waals surface area (Å²) >= 11 is 5.32. The number of aromatic nitrogens is 2. The van der Waals surface area contributed by atoms with Crippen molar-refractivity contribution < 1.29 is 13.6 Å². The molecule has 2 aromatic carbocycles. The molecule has 1 aromatic heterocycles. The van der Waals surface area contributed by atoms with E-state index in [0.29, 0.717) is 19.1 Å². The third-order valence-corrected chi connectivity index (χ3v) is 6.44. The summed E-state index contributed by atoms with van der Waals surface area (Å²) < 4.78 is 16.6. The second-order valence-electron chi connectivity index (χ2n) is 6.97. The van der Waals surface area contributed by atoms with E-state index in [9.17, 15) is 0 Å². The van der Waals surface area contributed by atoms with Crippen molar-refractivity contribution in [3.8, 4) is 17.0 Å². The maximum Gasteiger partial charge on any atom is 0.381 e. The number of benzene rings is 2. The second-order valence-corrected chi connectivity index (χ2v) is 9.90. The lowest BCUT2D eigenvalue weighted by molar-refractivity contribution is 0.215. The Hall–Kier alpha value is -2.11. The van der Waals surface area contributed by atoms with Crippen LogP contribution in [-0.2, 0) is 20.9 Å². The Morgan fingerprint density at radius 1 is 0.844 bits per heavy atom. The predicted molar refractivity (Wildman–Crippen MR) is 138 cm³/mol. The van der Waals surface area contributed by atoms with Crippen LogP contribution in [0, 0.1) is 6.92 Å². The molecule has 0 spiro atoms. The number of rotatable bonds is 8. The SMILES string of the molecule is C.CCOP(=S)(OCC)Oc1cc(C)nc(C(C)C)n1.c1ccc(-c2ccccc2)cc1. The van der Waals surface area contributed by atoms with Crippen molar-refractivity contribution in [3.05, 3.63) is 78.2 Å². The van der Waals surface area contributed by atoms with Gasteiger partial charge in [0.05, 0.1) is 13.2 Å². The Kier molecular flexibility index (Phi) is 12.3. The average molecular weight is 475 g/mol. The van der Waals surface area contributed by atoms with E-state index in [1.807, 2.05) is 46.8 Å². The molecular formula is C25H35N2O3PS. The number of aryl methyl sites for hydroxylation is 1. The van der Waals surface area contributed by atoms with Gasteiger partial charge in [0.1, 0.15) is 5.82 Å². The number of nitrogens with zero attached hydrogens (tertiary/aromatic N) is 2. The lowest BCUT2D eigenvalue weighted by Gasteiger charge is -2.20. The van der Waals surface area contributed by atoms with Crippen molar-refractivity contribution in [1.82, 2.24) is 9.97 Å². The molecule has 0 N–H and O–H groups in total. The molecule has 0 aliphatic carbocycles. The van der Waals surface area contributed by atoms with Crippen LogP contribution in [0.4, 0.5) is 0 Å². The van der Waals surface area contributed by atoms with Gasteiger partial charge >= 0.3 is 6.72 Å². The standard InChI is InChI=1S/C12H21N2O3PS.C12H10.CH4/c1-6-15-18(19,16-7-2)17-11-8-10(5)13-12(14-11)9(3)4;1-3-7-11(8-4-1)12-9-5-2-6-10-12;/h8-9H,6-7H2,1-5H3;1-10H;1H4.